The summed E-state index contributed by atoms with van der Waals surface area (Å²) in [5, 5.41) is 3.06. The van der Waals surface area contributed by atoms with Crippen LogP contribution in [-0.2, 0) is 16.8 Å². The highest BCUT2D eigenvalue weighted by molar-refractivity contribution is 7.90. The number of nitrogens with zero attached hydrogens (tertiary/aromatic N) is 1. The summed E-state index contributed by atoms with van der Waals surface area (Å²) in [5.41, 5.74) is 1.68. The Balaban J connectivity index is 2.09. The Labute approximate surface area is 121 Å². The van der Waals surface area contributed by atoms with Crippen molar-refractivity contribution in [3.8, 4) is 0 Å². The van der Waals surface area contributed by atoms with E-state index in [1.165, 1.54) is 0 Å². The Kier molecular flexibility index (Phi) is 5.01. The monoisotopic (exact) mass is 297 g/mol. The Hall–Kier alpha value is -1.11. The average Bonchev–Trinajstić information content (AvgIpc) is 2.39. The molecule has 0 spiro atoms. The van der Waals surface area contributed by atoms with Crippen LogP contribution < -0.4 is 10.0 Å². The van der Waals surface area contributed by atoms with Crippen LogP contribution in [0.2, 0.25) is 0 Å². The molecule has 1 aliphatic rings. The molecule has 1 unspecified atom stereocenters. The van der Waals surface area contributed by atoms with Gasteiger partial charge < -0.3 is 5.32 Å². The summed E-state index contributed by atoms with van der Waals surface area (Å²) >= 11 is 0. The fourth-order valence-electron chi connectivity index (χ4n) is 2.53. The third kappa shape index (κ3) is 3.94. The molecule has 0 aliphatic carbocycles. The smallest absolute Gasteiger partial charge is 0.301 e. The minimum Gasteiger partial charge on any atom is -0.316 e. The zero-order valence-corrected chi connectivity index (χ0v) is 12.9. The highest BCUT2D eigenvalue weighted by atomic mass is 32.2. The summed E-state index contributed by atoms with van der Waals surface area (Å²) < 4.78 is 29.0. The first-order valence-corrected chi connectivity index (χ1v) is 8.46. The van der Waals surface area contributed by atoms with Gasteiger partial charge in [-0.2, -0.15) is 12.7 Å². The van der Waals surface area contributed by atoms with Gasteiger partial charge in [-0.1, -0.05) is 19.1 Å². The SMILES string of the molecule is CNCc1cccc(NS(=O)(=O)N2CCCC(C)C2)c1. The van der Waals surface area contributed by atoms with Crippen molar-refractivity contribution in [2.24, 2.45) is 5.92 Å². The lowest BCUT2D eigenvalue weighted by Gasteiger charge is -2.30. The van der Waals surface area contributed by atoms with Crippen LogP contribution in [0.4, 0.5) is 5.69 Å². The molecule has 1 heterocycles. The number of hydrogen-bond acceptors (Lipinski definition) is 3. The number of anilines is 1. The lowest BCUT2D eigenvalue weighted by Crippen LogP contribution is -2.42. The number of nitrogens with one attached hydrogen (secondary N) is 2. The van der Waals surface area contributed by atoms with Crippen LogP contribution >= 0.6 is 0 Å². The summed E-state index contributed by atoms with van der Waals surface area (Å²) in [6.45, 7) is 4.02. The molecular formula is C14H23N3O2S. The molecule has 1 fully saturated rings. The normalized spacial score (nSPS) is 20.8. The standard InChI is InChI=1S/C14H23N3O2S/c1-12-5-4-8-17(11-12)20(18,19)16-14-7-3-6-13(9-14)10-15-2/h3,6-7,9,12,15-16H,4-5,8,10-11H2,1-2H3. The number of hydrogen-bond donors (Lipinski definition) is 2. The van der Waals surface area contributed by atoms with Gasteiger partial charge in [0, 0.05) is 19.6 Å². The Morgan fingerprint density at radius 1 is 1.40 bits per heavy atom. The third-order valence-electron chi connectivity index (χ3n) is 3.51. The van der Waals surface area contributed by atoms with Crippen molar-refractivity contribution in [3.05, 3.63) is 29.8 Å². The molecule has 0 aromatic heterocycles. The second-order valence-corrected chi connectivity index (χ2v) is 7.11. The lowest BCUT2D eigenvalue weighted by molar-refractivity contribution is 0.282. The maximum atomic E-state index is 12.4. The van der Waals surface area contributed by atoms with Crippen molar-refractivity contribution < 1.29 is 8.42 Å². The molecule has 0 radical (unpaired) electrons. The second-order valence-electron chi connectivity index (χ2n) is 5.44. The molecule has 0 bridgehead atoms. The molecule has 5 nitrogen and oxygen atoms in total. The zero-order chi connectivity index (χ0) is 14.6. The first-order valence-electron chi connectivity index (χ1n) is 7.02. The van der Waals surface area contributed by atoms with Gasteiger partial charge in [-0.3, -0.25) is 4.72 Å². The van der Waals surface area contributed by atoms with E-state index in [4.69, 9.17) is 0 Å². The fraction of sp³-hybridized carbons (Fsp3) is 0.571. The van der Waals surface area contributed by atoms with Crippen LogP contribution in [0.25, 0.3) is 0 Å². The molecule has 112 valence electrons. The van der Waals surface area contributed by atoms with Gasteiger partial charge in [0.15, 0.2) is 0 Å². The summed E-state index contributed by atoms with van der Waals surface area (Å²) in [7, 11) is -1.57. The van der Waals surface area contributed by atoms with E-state index in [1.54, 1.807) is 10.4 Å². The molecule has 2 rings (SSSR count). The second kappa shape index (κ2) is 6.56. The van der Waals surface area contributed by atoms with E-state index in [0.29, 0.717) is 24.7 Å². The zero-order valence-electron chi connectivity index (χ0n) is 12.1. The van der Waals surface area contributed by atoms with Gasteiger partial charge in [-0.05, 0) is 43.5 Å². The minimum atomic E-state index is -3.44. The molecule has 20 heavy (non-hydrogen) atoms. The lowest BCUT2D eigenvalue weighted by atomic mass is 10.0. The summed E-state index contributed by atoms with van der Waals surface area (Å²) in [6.07, 6.45) is 2.03. The van der Waals surface area contributed by atoms with E-state index >= 15 is 0 Å². The van der Waals surface area contributed by atoms with Gasteiger partial charge >= 0.3 is 10.2 Å². The largest absolute Gasteiger partial charge is 0.316 e. The molecule has 0 amide bonds. The van der Waals surface area contributed by atoms with Crippen molar-refractivity contribution in [1.82, 2.24) is 9.62 Å². The van der Waals surface area contributed by atoms with Gasteiger partial charge in [0.05, 0.1) is 5.69 Å². The van der Waals surface area contributed by atoms with E-state index < -0.39 is 10.2 Å². The number of piperidine rings is 1. The van der Waals surface area contributed by atoms with Crippen LogP contribution in [0.3, 0.4) is 0 Å². The topological polar surface area (TPSA) is 61.4 Å². The van der Waals surface area contributed by atoms with Crippen molar-refractivity contribution in [2.75, 3.05) is 24.9 Å². The molecule has 1 aromatic carbocycles. The molecular weight excluding hydrogens is 274 g/mol. The van der Waals surface area contributed by atoms with Crippen molar-refractivity contribution in [1.29, 1.82) is 0 Å². The summed E-state index contributed by atoms with van der Waals surface area (Å²) in [4.78, 5) is 0. The predicted octanol–water partition coefficient (Wildman–Crippen LogP) is 1.79. The highest BCUT2D eigenvalue weighted by Crippen LogP contribution is 2.20. The van der Waals surface area contributed by atoms with E-state index in [0.717, 1.165) is 24.9 Å². The first kappa shape index (κ1) is 15.3. The molecule has 2 N–H and O–H groups in total. The molecule has 1 aliphatic heterocycles. The Morgan fingerprint density at radius 3 is 2.90 bits per heavy atom. The maximum absolute atomic E-state index is 12.4. The highest BCUT2D eigenvalue weighted by Gasteiger charge is 2.26. The van der Waals surface area contributed by atoms with Gasteiger partial charge in [0.2, 0.25) is 0 Å². The fourth-order valence-corrected chi connectivity index (χ4v) is 3.90. The summed E-state index contributed by atoms with van der Waals surface area (Å²) in [6, 6.07) is 7.48. The van der Waals surface area contributed by atoms with Crippen LogP contribution in [0.1, 0.15) is 25.3 Å². The number of benzene rings is 1. The Bertz CT molecular complexity index is 545. The Morgan fingerprint density at radius 2 is 2.20 bits per heavy atom. The molecule has 6 heteroatoms. The van der Waals surface area contributed by atoms with Crippen LogP contribution in [0.15, 0.2) is 24.3 Å². The quantitative estimate of drug-likeness (QED) is 0.871. The van der Waals surface area contributed by atoms with Crippen LogP contribution in [0.5, 0.6) is 0 Å². The van der Waals surface area contributed by atoms with Gasteiger partial charge in [-0.15, -0.1) is 0 Å². The van der Waals surface area contributed by atoms with Crippen molar-refractivity contribution in [3.63, 3.8) is 0 Å². The average molecular weight is 297 g/mol. The van der Waals surface area contributed by atoms with E-state index in [-0.39, 0.29) is 0 Å². The predicted molar refractivity (Wildman–Crippen MR) is 81.7 cm³/mol. The van der Waals surface area contributed by atoms with Gasteiger partial charge in [0.25, 0.3) is 0 Å². The van der Waals surface area contributed by atoms with Crippen molar-refractivity contribution >= 4 is 15.9 Å². The van der Waals surface area contributed by atoms with Crippen molar-refractivity contribution in [2.45, 2.75) is 26.3 Å². The van der Waals surface area contributed by atoms with E-state index in [2.05, 4.69) is 17.0 Å². The molecule has 1 saturated heterocycles. The van der Waals surface area contributed by atoms with E-state index in [1.807, 2.05) is 25.2 Å². The van der Waals surface area contributed by atoms with Crippen LogP contribution in [0, 0.1) is 5.92 Å². The van der Waals surface area contributed by atoms with Crippen LogP contribution in [-0.4, -0.2) is 32.9 Å². The first-order chi connectivity index (χ1) is 9.51. The van der Waals surface area contributed by atoms with Gasteiger partial charge in [-0.25, -0.2) is 0 Å². The molecule has 0 saturated carbocycles. The molecule has 1 aromatic rings. The van der Waals surface area contributed by atoms with E-state index in [9.17, 15) is 8.42 Å². The number of rotatable bonds is 5. The molecule has 1 atom stereocenters. The summed E-state index contributed by atoms with van der Waals surface area (Å²) in [5.74, 6) is 0.427. The minimum absolute atomic E-state index is 0.427. The van der Waals surface area contributed by atoms with Gasteiger partial charge in [0.1, 0.15) is 0 Å². The third-order valence-corrected chi connectivity index (χ3v) is 5.02. The maximum Gasteiger partial charge on any atom is 0.301 e.